The van der Waals surface area contributed by atoms with Crippen LogP contribution in [0.15, 0.2) is 11.6 Å². The molecule has 0 fully saturated rings. The summed E-state index contributed by atoms with van der Waals surface area (Å²) in [6.07, 6.45) is 1.25. The van der Waals surface area contributed by atoms with E-state index in [1.165, 1.54) is 13.0 Å². The molecule has 1 atom stereocenters. The Morgan fingerprint density at radius 1 is 1.70 bits per heavy atom. The van der Waals surface area contributed by atoms with Gasteiger partial charge in [0.05, 0.1) is 6.10 Å². The van der Waals surface area contributed by atoms with Gasteiger partial charge in [0.2, 0.25) is 0 Å². The fourth-order valence-electron chi connectivity index (χ4n) is 0.478. The number of aliphatic carboxylic acids is 1. The zero-order valence-corrected chi connectivity index (χ0v) is 6.16. The Balaban J connectivity index is 4.02. The van der Waals surface area contributed by atoms with Crippen LogP contribution in [-0.2, 0) is 4.79 Å². The van der Waals surface area contributed by atoms with E-state index in [-0.39, 0.29) is 5.57 Å². The number of carboxylic acids is 1. The molecule has 0 aromatic heterocycles. The number of hydrogen-bond donors (Lipinski definition) is 2. The summed E-state index contributed by atoms with van der Waals surface area (Å²) >= 11 is 0. The second-order valence-corrected chi connectivity index (χ2v) is 2.13. The molecule has 0 heterocycles. The lowest BCUT2D eigenvalue weighted by Gasteiger charge is -1.99. The summed E-state index contributed by atoms with van der Waals surface area (Å²) in [5.41, 5.74) is 0.189. The van der Waals surface area contributed by atoms with Gasteiger partial charge in [-0.15, -0.1) is 0 Å². The van der Waals surface area contributed by atoms with Crippen LogP contribution in [0.1, 0.15) is 20.3 Å². The van der Waals surface area contributed by atoms with Gasteiger partial charge in [-0.25, -0.2) is 4.79 Å². The number of rotatable bonds is 3. The Hall–Kier alpha value is -0.830. The second-order valence-electron chi connectivity index (χ2n) is 2.13. The fourth-order valence-corrected chi connectivity index (χ4v) is 0.478. The van der Waals surface area contributed by atoms with Crippen LogP contribution in [-0.4, -0.2) is 22.3 Å². The average Bonchev–Trinajstić information content (AvgIpc) is 1.87. The van der Waals surface area contributed by atoms with Crippen molar-refractivity contribution < 1.29 is 15.0 Å². The lowest BCUT2D eigenvalue weighted by Crippen LogP contribution is -2.04. The van der Waals surface area contributed by atoms with Crippen LogP contribution in [0.2, 0.25) is 0 Å². The molecule has 2 N–H and O–H groups in total. The van der Waals surface area contributed by atoms with Crippen molar-refractivity contribution in [3.05, 3.63) is 11.6 Å². The van der Waals surface area contributed by atoms with Gasteiger partial charge in [-0.1, -0.05) is 6.92 Å². The third-order valence-corrected chi connectivity index (χ3v) is 1.20. The zero-order chi connectivity index (χ0) is 8.15. The van der Waals surface area contributed by atoms with Gasteiger partial charge < -0.3 is 10.2 Å². The van der Waals surface area contributed by atoms with Gasteiger partial charge in [0, 0.05) is 5.57 Å². The van der Waals surface area contributed by atoms with Crippen LogP contribution >= 0.6 is 0 Å². The largest absolute Gasteiger partial charge is 0.478 e. The van der Waals surface area contributed by atoms with E-state index < -0.39 is 12.1 Å². The van der Waals surface area contributed by atoms with E-state index in [9.17, 15) is 4.79 Å². The molecule has 3 nitrogen and oxygen atoms in total. The number of hydrogen-bond acceptors (Lipinski definition) is 2. The molecule has 0 bridgehead atoms. The molecule has 0 aromatic rings. The molecule has 0 aliphatic carbocycles. The lowest BCUT2D eigenvalue weighted by atomic mass is 10.2. The Labute approximate surface area is 60.0 Å². The van der Waals surface area contributed by atoms with Crippen molar-refractivity contribution in [2.24, 2.45) is 0 Å². The van der Waals surface area contributed by atoms with Crippen molar-refractivity contribution in [2.45, 2.75) is 26.4 Å². The van der Waals surface area contributed by atoms with Gasteiger partial charge >= 0.3 is 5.97 Å². The molecule has 0 radical (unpaired) electrons. The average molecular weight is 144 g/mol. The number of aliphatic hydroxyl groups is 1. The monoisotopic (exact) mass is 144 g/mol. The maximum absolute atomic E-state index is 10.2. The van der Waals surface area contributed by atoms with Crippen LogP contribution in [0.3, 0.4) is 0 Å². The van der Waals surface area contributed by atoms with E-state index in [2.05, 4.69) is 0 Å². The van der Waals surface area contributed by atoms with Gasteiger partial charge in [-0.3, -0.25) is 0 Å². The zero-order valence-electron chi connectivity index (χ0n) is 6.16. The van der Waals surface area contributed by atoms with Crippen LogP contribution in [0.4, 0.5) is 0 Å². The third-order valence-electron chi connectivity index (χ3n) is 1.20. The minimum Gasteiger partial charge on any atom is -0.478 e. The molecule has 0 spiro atoms. The summed E-state index contributed by atoms with van der Waals surface area (Å²) in [5.74, 6) is -0.979. The first-order valence-corrected chi connectivity index (χ1v) is 3.17. The highest BCUT2D eigenvalue weighted by molar-refractivity contribution is 5.85. The van der Waals surface area contributed by atoms with Crippen molar-refractivity contribution in [3.63, 3.8) is 0 Å². The van der Waals surface area contributed by atoms with E-state index in [1.807, 2.05) is 0 Å². The first-order chi connectivity index (χ1) is 4.57. The van der Waals surface area contributed by atoms with Gasteiger partial charge in [0.1, 0.15) is 0 Å². The van der Waals surface area contributed by atoms with Crippen molar-refractivity contribution in [2.75, 3.05) is 0 Å². The Kier molecular flexibility index (Phi) is 3.72. The summed E-state index contributed by atoms with van der Waals surface area (Å²) in [6.45, 7) is 3.25. The molecule has 58 valence electrons. The van der Waals surface area contributed by atoms with Crippen LogP contribution < -0.4 is 0 Å². The van der Waals surface area contributed by atoms with E-state index in [0.717, 1.165) is 0 Å². The number of carbonyl (C=O) groups is 1. The molecule has 0 saturated heterocycles. The minimum absolute atomic E-state index is 0.189. The topological polar surface area (TPSA) is 57.5 Å². The van der Waals surface area contributed by atoms with Gasteiger partial charge in [-0.05, 0) is 19.4 Å². The summed E-state index contributed by atoms with van der Waals surface area (Å²) in [5, 5.41) is 17.3. The Morgan fingerprint density at radius 3 is 2.50 bits per heavy atom. The van der Waals surface area contributed by atoms with Gasteiger partial charge in [0.25, 0.3) is 0 Å². The number of carboxylic acid groups (broad SMARTS) is 1. The predicted molar refractivity (Wildman–Crippen MR) is 37.7 cm³/mol. The second kappa shape index (κ2) is 4.06. The van der Waals surface area contributed by atoms with Crippen LogP contribution in [0.25, 0.3) is 0 Å². The van der Waals surface area contributed by atoms with Crippen LogP contribution in [0.5, 0.6) is 0 Å². The normalized spacial score (nSPS) is 14.9. The maximum atomic E-state index is 10.2. The third kappa shape index (κ3) is 3.25. The molecule has 3 heteroatoms. The minimum atomic E-state index is -0.979. The Bertz CT molecular complexity index is 149. The highest BCUT2D eigenvalue weighted by atomic mass is 16.4. The first-order valence-electron chi connectivity index (χ1n) is 3.17. The molecule has 10 heavy (non-hydrogen) atoms. The van der Waals surface area contributed by atoms with Crippen molar-refractivity contribution in [1.29, 1.82) is 0 Å². The summed E-state index contributed by atoms with van der Waals surface area (Å²) in [6, 6.07) is 0. The summed E-state index contributed by atoms with van der Waals surface area (Å²) in [7, 11) is 0. The molecule has 0 amide bonds. The highest BCUT2D eigenvalue weighted by Crippen LogP contribution is 1.98. The Morgan fingerprint density at radius 2 is 2.20 bits per heavy atom. The van der Waals surface area contributed by atoms with Crippen molar-refractivity contribution >= 4 is 5.97 Å². The first kappa shape index (κ1) is 9.17. The van der Waals surface area contributed by atoms with E-state index in [1.54, 1.807) is 6.92 Å². The molecule has 1 unspecified atom stereocenters. The quantitative estimate of drug-likeness (QED) is 0.576. The van der Waals surface area contributed by atoms with Gasteiger partial charge in [0.15, 0.2) is 0 Å². The lowest BCUT2D eigenvalue weighted by molar-refractivity contribution is -0.132. The summed E-state index contributed by atoms with van der Waals surface area (Å²) in [4.78, 5) is 10.2. The molecule has 0 aliphatic heterocycles. The molecular formula is C7H12O3. The SMILES string of the molecule is CCC(O)C=C(C)C(=O)O. The van der Waals surface area contributed by atoms with E-state index in [0.29, 0.717) is 6.42 Å². The van der Waals surface area contributed by atoms with E-state index >= 15 is 0 Å². The summed E-state index contributed by atoms with van der Waals surface area (Å²) < 4.78 is 0. The number of aliphatic hydroxyl groups excluding tert-OH is 1. The predicted octanol–water partition coefficient (Wildman–Crippen LogP) is 0.788. The van der Waals surface area contributed by atoms with Crippen LogP contribution in [0, 0.1) is 0 Å². The molecule has 0 aliphatic rings. The van der Waals surface area contributed by atoms with E-state index in [4.69, 9.17) is 10.2 Å². The molecule has 0 saturated carbocycles. The molecule has 0 aromatic carbocycles. The smallest absolute Gasteiger partial charge is 0.331 e. The highest BCUT2D eigenvalue weighted by Gasteiger charge is 2.02. The molecular weight excluding hydrogens is 132 g/mol. The van der Waals surface area contributed by atoms with Gasteiger partial charge in [-0.2, -0.15) is 0 Å². The standard InChI is InChI=1S/C7H12O3/c1-3-6(8)4-5(2)7(9)10/h4,6,8H,3H2,1-2H3,(H,9,10). The van der Waals surface area contributed by atoms with Crippen molar-refractivity contribution in [3.8, 4) is 0 Å². The van der Waals surface area contributed by atoms with Crippen molar-refractivity contribution in [1.82, 2.24) is 0 Å². The maximum Gasteiger partial charge on any atom is 0.331 e. The fraction of sp³-hybridized carbons (Fsp3) is 0.571. The molecule has 0 rings (SSSR count).